The maximum atomic E-state index is 13.8. The lowest BCUT2D eigenvalue weighted by Gasteiger charge is -2.36. The summed E-state index contributed by atoms with van der Waals surface area (Å²) in [4.78, 5) is 28.7. The zero-order valence-corrected chi connectivity index (χ0v) is 25.7. The summed E-state index contributed by atoms with van der Waals surface area (Å²) < 4.78 is 22.9. The van der Waals surface area contributed by atoms with E-state index in [1.54, 1.807) is 6.20 Å². The molecular weight excluding hydrogens is 591 g/mol. The number of Topliss-reactive ketones (excluding diaryl/α,β-unsaturated/α-hetero) is 1. The normalized spacial score (nSPS) is 22.7. The second kappa shape index (κ2) is 11.3. The molecule has 230 valence electrons. The Kier molecular flexibility index (Phi) is 7.10. The van der Waals surface area contributed by atoms with Crippen LogP contribution in [0.1, 0.15) is 62.9 Å². The van der Waals surface area contributed by atoms with Gasteiger partial charge in [-0.05, 0) is 43.2 Å². The van der Waals surface area contributed by atoms with Crippen LogP contribution in [0.2, 0.25) is 0 Å². The van der Waals surface area contributed by atoms with Gasteiger partial charge in [0, 0.05) is 53.8 Å². The largest absolute Gasteiger partial charge is 0.469 e. The number of carbonyl (C=O) groups is 1. The predicted molar refractivity (Wildman–Crippen MR) is 173 cm³/mol. The fraction of sp³-hybridized carbons (Fsp3) is 0.343. The van der Waals surface area contributed by atoms with Crippen LogP contribution in [0.5, 0.6) is 5.75 Å². The van der Waals surface area contributed by atoms with E-state index in [4.69, 9.17) is 16.3 Å². The maximum Gasteiger partial charge on any atom is 0.180 e. The molecule has 4 unspecified atom stereocenters. The number of hydrogen-bond acceptors (Lipinski definition) is 5. The number of H-pyrrole nitrogens is 2. The van der Waals surface area contributed by atoms with Crippen LogP contribution in [0.15, 0.2) is 66.0 Å². The van der Waals surface area contributed by atoms with Crippen molar-refractivity contribution in [1.29, 1.82) is 0 Å². The van der Waals surface area contributed by atoms with Crippen LogP contribution in [0.3, 0.4) is 0 Å². The summed E-state index contributed by atoms with van der Waals surface area (Å²) in [7, 11) is 0. The lowest BCUT2D eigenvalue weighted by atomic mass is 9.90. The highest BCUT2D eigenvalue weighted by molar-refractivity contribution is 6.42. The third-order valence-corrected chi connectivity index (χ3v) is 9.70. The highest BCUT2D eigenvalue weighted by Gasteiger charge is 2.36. The standard InChI is InChI=1S/C35H34ClFN6O2/c1-2-3-4-33-39-17-27(41-33)19-7-10-29-22(11-19)12-30-24-8-5-20(28-18-40-34(42-28)26-15-23(37)16-38-26)14-32(24)45-35(43(29)30)21-6-9-25(36)31(44)13-21/h5,7-12,14,17-18,21,23,26,35,38H,2-4,6,13,15-16H2,1H3,(H,39,41)(H,40,42). The molecule has 45 heavy (non-hydrogen) atoms. The van der Waals surface area contributed by atoms with Crippen LogP contribution in [0.4, 0.5) is 4.39 Å². The van der Waals surface area contributed by atoms with Gasteiger partial charge in [0.1, 0.15) is 23.6 Å². The molecule has 5 heterocycles. The molecule has 0 amide bonds. The number of ether oxygens (including phenoxy) is 1. The molecule has 1 aliphatic carbocycles. The first kappa shape index (κ1) is 28.3. The summed E-state index contributed by atoms with van der Waals surface area (Å²) in [5, 5.41) is 4.58. The highest BCUT2D eigenvalue weighted by Crippen LogP contribution is 2.48. The van der Waals surface area contributed by atoms with Gasteiger partial charge in [-0.1, -0.05) is 43.2 Å². The third kappa shape index (κ3) is 5.08. The first-order valence-electron chi connectivity index (χ1n) is 15.8. The second-order valence-corrected chi connectivity index (χ2v) is 12.8. The van der Waals surface area contributed by atoms with Gasteiger partial charge in [0.2, 0.25) is 0 Å². The Labute approximate surface area is 265 Å². The van der Waals surface area contributed by atoms with E-state index in [1.165, 1.54) is 0 Å². The number of halogens is 2. The first-order valence-corrected chi connectivity index (χ1v) is 16.1. The number of carbonyl (C=O) groups excluding carboxylic acids is 1. The van der Waals surface area contributed by atoms with Gasteiger partial charge in [-0.2, -0.15) is 0 Å². The topological polar surface area (TPSA) is 101 Å². The first-order chi connectivity index (χ1) is 21.9. The number of hydrogen-bond donors (Lipinski definition) is 3. The van der Waals surface area contributed by atoms with Gasteiger partial charge in [0.25, 0.3) is 0 Å². The van der Waals surface area contributed by atoms with Gasteiger partial charge in [-0.15, -0.1) is 0 Å². The number of benzene rings is 2. The minimum atomic E-state index is -0.861. The monoisotopic (exact) mass is 624 g/mol. The molecule has 3 aliphatic rings. The molecule has 8 rings (SSSR count). The van der Waals surface area contributed by atoms with Crippen molar-refractivity contribution in [2.75, 3.05) is 6.54 Å². The number of nitrogens with zero attached hydrogens (tertiary/aromatic N) is 3. The minimum Gasteiger partial charge on any atom is -0.469 e. The van der Waals surface area contributed by atoms with Crippen molar-refractivity contribution in [3.05, 3.63) is 77.6 Å². The van der Waals surface area contributed by atoms with E-state index in [0.29, 0.717) is 30.8 Å². The fourth-order valence-electron chi connectivity index (χ4n) is 6.92. The van der Waals surface area contributed by atoms with Crippen LogP contribution in [0, 0.1) is 5.92 Å². The smallest absolute Gasteiger partial charge is 0.180 e. The quantitative estimate of drug-likeness (QED) is 0.172. The van der Waals surface area contributed by atoms with E-state index in [0.717, 1.165) is 81.3 Å². The molecule has 4 atom stereocenters. The number of allylic oxidation sites excluding steroid dienone is 2. The molecule has 2 aromatic carbocycles. The average molecular weight is 625 g/mol. The minimum absolute atomic E-state index is 0.0597. The van der Waals surface area contributed by atoms with Gasteiger partial charge < -0.3 is 24.6 Å². The SMILES string of the molecule is CCCCc1ncc(-c2ccc3c(c2)cc2n3C(C3CC=C(Cl)C(=O)C3)Oc3cc(-c4cnc(C5CC(F)CN5)[nH]4)ccc3-2)[nH]1. The summed E-state index contributed by atoms with van der Waals surface area (Å²) in [6.45, 7) is 2.53. The Morgan fingerprint density at radius 1 is 1.07 bits per heavy atom. The van der Waals surface area contributed by atoms with Crippen molar-refractivity contribution in [1.82, 2.24) is 29.8 Å². The van der Waals surface area contributed by atoms with Crippen molar-refractivity contribution >= 4 is 28.3 Å². The summed E-state index contributed by atoms with van der Waals surface area (Å²) in [5.74, 6) is 2.34. The molecule has 3 aromatic heterocycles. The molecule has 1 saturated heterocycles. The van der Waals surface area contributed by atoms with Gasteiger partial charge >= 0.3 is 0 Å². The Bertz CT molecular complexity index is 1960. The van der Waals surface area contributed by atoms with Crippen molar-refractivity contribution < 1.29 is 13.9 Å². The number of aromatic amines is 2. The number of unbranched alkanes of at least 4 members (excludes halogenated alkanes) is 1. The van der Waals surface area contributed by atoms with Crippen LogP contribution < -0.4 is 10.1 Å². The van der Waals surface area contributed by atoms with Crippen LogP contribution >= 0.6 is 11.6 Å². The molecule has 3 N–H and O–H groups in total. The van der Waals surface area contributed by atoms with Crippen molar-refractivity contribution in [3.63, 3.8) is 0 Å². The van der Waals surface area contributed by atoms with Gasteiger partial charge in [-0.25, -0.2) is 14.4 Å². The second-order valence-electron chi connectivity index (χ2n) is 12.4. The Balaban J connectivity index is 1.19. The maximum absolute atomic E-state index is 13.8. The van der Waals surface area contributed by atoms with E-state index >= 15 is 0 Å². The van der Waals surface area contributed by atoms with Crippen molar-refractivity contribution in [2.24, 2.45) is 5.92 Å². The molecular formula is C35H34ClFN6O2. The highest BCUT2D eigenvalue weighted by atomic mass is 35.5. The number of ketones is 1. The average Bonchev–Trinajstić information content (AvgIpc) is 3.86. The lowest BCUT2D eigenvalue weighted by Crippen LogP contribution is -2.31. The van der Waals surface area contributed by atoms with Crippen LogP contribution in [-0.4, -0.2) is 43.0 Å². The molecule has 1 fully saturated rings. The molecule has 10 heteroatoms. The van der Waals surface area contributed by atoms with Crippen molar-refractivity contribution in [3.8, 4) is 39.5 Å². The zero-order chi connectivity index (χ0) is 30.7. The molecule has 0 radical (unpaired) electrons. The Hall–Kier alpha value is -4.21. The number of aryl methyl sites for hydroxylation is 1. The zero-order valence-electron chi connectivity index (χ0n) is 24.9. The lowest BCUT2D eigenvalue weighted by molar-refractivity contribution is -0.117. The van der Waals surface area contributed by atoms with E-state index in [2.05, 4.69) is 73.1 Å². The summed E-state index contributed by atoms with van der Waals surface area (Å²) in [6.07, 6.45) is 8.79. The number of rotatable bonds is 7. The molecule has 5 aromatic rings. The molecule has 8 nitrogen and oxygen atoms in total. The molecule has 0 spiro atoms. The van der Waals surface area contributed by atoms with Gasteiger partial charge in [-0.3, -0.25) is 4.79 Å². The van der Waals surface area contributed by atoms with Crippen LogP contribution in [-0.2, 0) is 11.2 Å². The summed E-state index contributed by atoms with van der Waals surface area (Å²) >= 11 is 6.20. The van der Waals surface area contributed by atoms with Crippen molar-refractivity contribution in [2.45, 2.75) is 63.9 Å². The Morgan fingerprint density at radius 2 is 1.89 bits per heavy atom. The summed E-state index contributed by atoms with van der Waals surface area (Å²) in [6, 6.07) is 14.7. The number of alkyl halides is 1. The Morgan fingerprint density at radius 3 is 2.71 bits per heavy atom. The van der Waals surface area contributed by atoms with E-state index < -0.39 is 12.4 Å². The van der Waals surface area contributed by atoms with Gasteiger partial charge in [0.15, 0.2) is 12.0 Å². The van der Waals surface area contributed by atoms with E-state index in [9.17, 15) is 9.18 Å². The number of nitrogens with one attached hydrogen (secondary N) is 3. The van der Waals surface area contributed by atoms with Crippen LogP contribution in [0.25, 0.3) is 44.7 Å². The number of imidazole rings is 2. The summed E-state index contributed by atoms with van der Waals surface area (Å²) in [5.41, 5.74) is 6.89. The van der Waals surface area contributed by atoms with E-state index in [-0.39, 0.29) is 17.7 Å². The van der Waals surface area contributed by atoms with E-state index in [1.807, 2.05) is 18.3 Å². The molecule has 0 saturated carbocycles. The third-order valence-electron chi connectivity index (χ3n) is 9.34. The molecule has 2 aliphatic heterocycles. The predicted octanol–water partition coefficient (Wildman–Crippen LogP) is 7.80. The number of aromatic nitrogens is 5. The fourth-order valence-corrected chi connectivity index (χ4v) is 7.09. The number of fused-ring (bicyclic) bond motifs is 5. The molecule has 0 bridgehead atoms. The van der Waals surface area contributed by atoms with Gasteiger partial charge in [0.05, 0.1) is 46.1 Å².